The summed E-state index contributed by atoms with van der Waals surface area (Å²) in [5.41, 5.74) is 2.87. The van der Waals surface area contributed by atoms with E-state index in [1.165, 1.54) is 0 Å². The molecule has 2 nitrogen and oxygen atoms in total. The first kappa shape index (κ1) is 9.59. The lowest BCUT2D eigenvalue weighted by molar-refractivity contribution is 0.478. The number of hydrogen-bond acceptors (Lipinski definition) is 2. The van der Waals surface area contributed by atoms with Crippen LogP contribution in [0, 0.1) is 0 Å². The summed E-state index contributed by atoms with van der Waals surface area (Å²) in [6.07, 6.45) is 0. The van der Waals surface area contributed by atoms with E-state index in [0.29, 0.717) is 0 Å². The third kappa shape index (κ3) is 1.79. The highest BCUT2D eigenvalue weighted by Gasteiger charge is 2.06. The molecule has 0 heterocycles. The molecule has 2 rings (SSSR count). The smallest absolute Gasteiger partial charge is 0.139 e. The van der Waals surface area contributed by atoms with Crippen LogP contribution in [0.2, 0.25) is 0 Å². The third-order valence-electron chi connectivity index (χ3n) is 2.38. The van der Waals surface area contributed by atoms with Crippen molar-refractivity contribution in [2.45, 2.75) is 0 Å². The molecule has 0 aliphatic heterocycles. The third-order valence-corrected chi connectivity index (χ3v) is 2.38. The molecular weight excluding hydrogens is 186 g/mol. The van der Waals surface area contributed by atoms with Gasteiger partial charge >= 0.3 is 0 Å². The van der Waals surface area contributed by atoms with Crippen molar-refractivity contribution in [1.29, 1.82) is 0 Å². The molecule has 0 bridgehead atoms. The molecule has 2 aromatic rings. The van der Waals surface area contributed by atoms with Gasteiger partial charge in [0.25, 0.3) is 0 Å². The van der Waals surface area contributed by atoms with Crippen molar-refractivity contribution in [3.63, 3.8) is 0 Å². The molecule has 15 heavy (non-hydrogen) atoms. The van der Waals surface area contributed by atoms with Gasteiger partial charge in [-0.15, -0.1) is 0 Å². The molecule has 0 unspecified atom stereocenters. The Labute approximate surface area is 89.2 Å². The summed E-state index contributed by atoms with van der Waals surface area (Å²) in [5, 5.41) is 12.7. The SMILES string of the molecule is CNc1c(O)cccc1-c1ccccc1. The highest BCUT2D eigenvalue weighted by molar-refractivity contribution is 5.81. The highest BCUT2D eigenvalue weighted by Crippen LogP contribution is 2.34. The number of phenols is 1. The van der Waals surface area contributed by atoms with E-state index < -0.39 is 0 Å². The van der Waals surface area contributed by atoms with Crippen LogP contribution in [0.5, 0.6) is 5.75 Å². The van der Waals surface area contributed by atoms with Crippen LogP contribution < -0.4 is 5.32 Å². The second-order valence-corrected chi connectivity index (χ2v) is 3.32. The van der Waals surface area contributed by atoms with E-state index in [-0.39, 0.29) is 5.75 Å². The van der Waals surface area contributed by atoms with Crippen LogP contribution in [0.15, 0.2) is 48.5 Å². The van der Waals surface area contributed by atoms with Crippen molar-refractivity contribution >= 4 is 5.69 Å². The fourth-order valence-electron chi connectivity index (χ4n) is 1.66. The Morgan fingerprint density at radius 1 is 0.933 bits per heavy atom. The van der Waals surface area contributed by atoms with Gasteiger partial charge in [0.2, 0.25) is 0 Å². The van der Waals surface area contributed by atoms with Gasteiger partial charge in [0.05, 0.1) is 5.69 Å². The monoisotopic (exact) mass is 199 g/mol. The molecule has 0 aromatic heterocycles. The molecule has 0 saturated carbocycles. The van der Waals surface area contributed by atoms with Crippen molar-refractivity contribution in [3.8, 4) is 16.9 Å². The number of rotatable bonds is 2. The Morgan fingerprint density at radius 3 is 2.33 bits per heavy atom. The van der Waals surface area contributed by atoms with Crippen molar-refractivity contribution in [1.82, 2.24) is 0 Å². The number of benzene rings is 2. The van der Waals surface area contributed by atoms with Crippen LogP contribution >= 0.6 is 0 Å². The van der Waals surface area contributed by atoms with Crippen LogP contribution in [-0.2, 0) is 0 Å². The summed E-state index contributed by atoms with van der Waals surface area (Å²) >= 11 is 0. The lowest BCUT2D eigenvalue weighted by atomic mass is 10.0. The van der Waals surface area contributed by atoms with Gasteiger partial charge in [0.15, 0.2) is 0 Å². The molecule has 0 amide bonds. The second kappa shape index (κ2) is 4.05. The summed E-state index contributed by atoms with van der Waals surface area (Å²) in [7, 11) is 1.81. The standard InChI is InChI=1S/C13H13NO/c1-14-13-11(8-5-9-12(13)15)10-6-3-2-4-7-10/h2-9,14-15H,1H3. The average Bonchev–Trinajstić information content (AvgIpc) is 2.30. The zero-order valence-corrected chi connectivity index (χ0v) is 8.57. The molecule has 0 atom stereocenters. The highest BCUT2D eigenvalue weighted by atomic mass is 16.3. The Morgan fingerprint density at radius 2 is 1.67 bits per heavy atom. The van der Waals surface area contributed by atoms with Crippen molar-refractivity contribution < 1.29 is 5.11 Å². The first-order valence-corrected chi connectivity index (χ1v) is 4.88. The summed E-state index contributed by atoms with van der Waals surface area (Å²) < 4.78 is 0. The molecular formula is C13H13NO. The van der Waals surface area contributed by atoms with Crippen LogP contribution in [-0.4, -0.2) is 12.2 Å². The van der Waals surface area contributed by atoms with Crippen molar-refractivity contribution in [2.75, 3.05) is 12.4 Å². The molecule has 0 fully saturated rings. The van der Waals surface area contributed by atoms with Gasteiger partial charge in [-0.1, -0.05) is 42.5 Å². The lowest BCUT2D eigenvalue weighted by Gasteiger charge is -2.10. The van der Waals surface area contributed by atoms with Gasteiger partial charge < -0.3 is 10.4 Å². The molecule has 2 N–H and O–H groups in total. The minimum Gasteiger partial charge on any atom is -0.506 e. The molecule has 0 aliphatic carbocycles. The van der Waals surface area contributed by atoms with Gasteiger partial charge in [0, 0.05) is 12.6 Å². The van der Waals surface area contributed by atoms with E-state index >= 15 is 0 Å². The van der Waals surface area contributed by atoms with Crippen molar-refractivity contribution in [2.24, 2.45) is 0 Å². The fourth-order valence-corrected chi connectivity index (χ4v) is 1.66. The predicted molar refractivity (Wildman–Crippen MR) is 63.1 cm³/mol. The summed E-state index contributed by atoms with van der Waals surface area (Å²) in [5.74, 6) is 0.277. The van der Waals surface area contributed by atoms with Crippen LogP contribution in [0.25, 0.3) is 11.1 Å². The van der Waals surface area contributed by atoms with Gasteiger partial charge in [-0.25, -0.2) is 0 Å². The summed E-state index contributed by atoms with van der Waals surface area (Å²) in [6, 6.07) is 15.5. The number of para-hydroxylation sites is 1. The lowest BCUT2D eigenvalue weighted by Crippen LogP contribution is -1.92. The Balaban J connectivity index is 2.58. The van der Waals surface area contributed by atoms with Crippen LogP contribution in [0.4, 0.5) is 5.69 Å². The zero-order chi connectivity index (χ0) is 10.7. The largest absolute Gasteiger partial charge is 0.506 e. The quantitative estimate of drug-likeness (QED) is 0.728. The normalized spacial score (nSPS) is 9.93. The topological polar surface area (TPSA) is 32.3 Å². The van der Waals surface area contributed by atoms with E-state index in [9.17, 15) is 5.11 Å². The maximum absolute atomic E-state index is 9.69. The Hall–Kier alpha value is -1.96. The van der Waals surface area contributed by atoms with Gasteiger partial charge in [-0.05, 0) is 11.6 Å². The zero-order valence-electron chi connectivity index (χ0n) is 8.57. The van der Waals surface area contributed by atoms with E-state index in [1.54, 1.807) is 6.07 Å². The molecule has 76 valence electrons. The Bertz CT molecular complexity index is 451. The van der Waals surface area contributed by atoms with Gasteiger partial charge in [0.1, 0.15) is 5.75 Å². The number of hydrogen-bond donors (Lipinski definition) is 2. The second-order valence-electron chi connectivity index (χ2n) is 3.32. The molecule has 0 aliphatic rings. The van der Waals surface area contributed by atoms with Crippen LogP contribution in [0.1, 0.15) is 0 Å². The van der Waals surface area contributed by atoms with Crippen LogP contribution in [0.3, 0.4) is 0 Å². The number of nitrogens with one attached hydrogen (secondary N) is 1. The summed E-state index contributed by atoms with van der Waals surface area (Å²) in [4.78, 5) is 0. The number of aromatic hydroxyl groups is 1. The van der Waals surface area contributed by atoms with Gasteiger partial charge in [-0.3, -0.25) is 0 Å². The predicted octanol–water partition coefficient (Wildman–Crippen LogP) is 3.10. The first-order valence-electron chi connectivity index (χ1n) is 4.88. The van der Waals surface area contributed by atoms with E-state index in [2.05, 4.69) is 5.32 Å². The molecule has 2 aromatic carbocycles. The number of anilines is 1. The minimum atomic E-state index is 0.277. The van der Waals surface area contributed by atoms with Gasteiger partial charge in [-0.2, -0.15) is 0 Å². The minimum absolute atomic E-state index is 0.277. The van der Waals surface area contributed by atoms with E-state index in [4.69, 9.17) is 0 Å². The molecule has 0 saturated heterocycles. The van der Waals surface area contributed by atoms with Crippen molar-refractivity contribution in [3.05, 3.63) is 48.5 Å². The average molecular weight is 199 g/mol. The molecule has 0 spiro atoms. The molecule has 0 radical (unpaired) electrons. The Kier molecular flexibility index (Phi) is 2.59. The first-order chi connectivity index (χ1) is 7.33. The van der Waals surface area contributed by atoms with E-state index in [1.807, 2.05) is 49.5 Å². The number of phenolic OH excluding ortho intramolecular Hbond substituents is 1. The fraction of sp³-hybridized carbons (Fsp3) is 0.0769. The maximum Gasteiger partial charge on any atom is 0.139 e. The molecule has 2 heteroatoms. The summed E-state index contributed by atoms with van der Waals surface area (Å²) in [6.45, 7) is 0. The van der Waals surface area contributed by atoms with E-state index in [0.717, 1.165) is 16.8 Å². The maximum atomic E-state index is 9.69.